The van der Waals surface area contributed by atoms with Crippen LogP contribution in [0, 0.1) is 27.9 Å². The summed E-state index contributed by atoms with van der Waals surface area (Å²) in [5.41, 5.74) is 0.540. The fourth-order valence-electron chi connectivity index (χ4n) is 3.72. The van der Waals surface area contributed by atoms with Crippen molar-refractivity contribution in [3.8, 4) is 0 Å². The lowest BCUT2D eigenvalue weighted by Crippen LogP contribution is -2.14. The summed E-state index contributed by atoms with van der Waals surface area (Å²) in [7, 11) is 0. The number of non-ortho nitro benzene ring substituents is 1. The van der Waals surface area contributed by atoms with Crippen LogP contribution in [0.15, 0.2) is 18.3 Å². The third kappa shape index (κ3) is 1.91. The van der Waals surface area contributed by atoms with E-state index in [1.165, 1.54) is 18.3 Å². The van der Waals surface area contributed by atoms with Crippen LogP contribution in [0.5, 0.6) is 0 Å². The van der Waals surface area contributed by atoms with Crippen LogP contribution in [0.4, 0.5) is 14.5 Å². The van der Waals surface area contributed by atoms with Gasteiger partial charge in [-0.3, -0.25) is 14.8 Å². The fourth-order valence-corrected chi connectivity index (χ4v) is 4.04. The molecule has 0 N–H and O–H groups in total. The van der Waals surface area contributed by atoms with Gasteiger partial charge < -0.3 is 0 Å². The summed E-state index contributed by atoms with van der Waals surface area (Å²) >= 11 is 6.14. The van der Waals surface area contributed by atoms with E-state index in [0.29, 0.717) is 30.3 Å². The molecular formula is C14H12ClF2N3O2. The van der Waals surface area contributed by atoms with E-state index in [9.17, 15) is 18.9 Å². The number of rotatable bonds is 3. The monoisotopic (exact) mass is 327 g/mol. The Hall–Kier alpha value is -1.76. The number of aromatic nitrogens is 2. The second kappa shape index (κ2) is 4.38. The highest BCUT2D eigenvalue weighted by Gasteiger charge is 2.71. The summed E-state index contributed by atoms with van der Waals surface area (Å²) < 4.78 is 28.1. The minimum atomic E-state index is -2.47. The van der Waals surface area contributed by atoms with Crippen molar-refractivity contribution >= 4 is 28.2 Å². The molecule has 2 saturated carbocycles. The van der Waals surface area contributed by atoms with E-state index in [0.717, 1.165) is 0 Å². The Kier molecular flexibility index (Phi) is 2.76. The van der Waals surface area contributed by atoms with Crippen molar-refractivity contribution in [3.63, 3.8) is 0 Å². The minimum absolute atomic E-state index is 0.0844. The Balaban J connectivity index is 1.60. The fraction of sp³-hybridized carbons (Fsp3) is 0.500. The van der Waals surface area contributed by atoms with E-state index < -0.39 is 22.7 Å². The highest BCUT2D eigenvalue weighted by Crippen LogP contribution is 2.65. The molecule has 4 rings (SSSR count). The first-order valence-electron chi connectivity index (χ1n) is 7.05. The Labute approximate surface area is 129 Å². The average Bonchev–Trinajstić information content (AvgIpc) is 2.88. The van der Waals surface area contributed by atoms with Gasteiger partial charge in [0.2, 0.25) is 0 Å². The molecule has 1 aromatic heterocycles. The van der Waals surface area contributed by atoms with Gasteiger partial charge in [0.05, 0.1) is 21.7 Å². The van der Waals surface area contributed by atoms with Crippen molar-refractivity contribution in [2.45, 2.75) is 25.3 Å². The smallest absolute Gasteiger partial charge is 0.263 e. The molecule has 22 heavy (non-hydrogen) atoms. The largest absolute Gasteiger partial charge is 0.271 e. The van der Waals surface area contributed by atoms with Gasteiger partial charge in [0, 0.05) is 35.9 Å². The molecule has 0 saturated heterocycles. The molecule has 2 aliphatic rings. The van der Waals surface area contributed by atoms with E-state index in [2.05, 4.69) is 5.10 Å². The molecule has 2 fully saturated rings. The highest BCUT2D eigenvalue weighted by atomic mass is 35.5. The molecule has 2 aliphatic carbocycles. The zero-order valence-electron chi connectivity index (χ0n) is 11.4. The second-order valence-electron chi connectivity index (χ2n) is 6.17. The summed E-state index contributed by atoms with van der Waals surface area (Å²) in [6.45, 7) is 0.518. The van der Waals surface area contributed by atoms with E-state index in [4.69, 9.17) is 11.6 Å². The lowest BCUT2D eigenvalue weighted by molar-refractivity contribution is -0.384. The van der Waals surface area contributed by atoms with Gasteiger partial charge in [0.15, 0.2) is 0 Å². The van der Waals surface area contributed by atoms with Gasteiger partial charge in [-0.15, -0.1) is 0 Å². The van der Waals surface area contributed by atoms with Crippen LogP contribution < -0.4 is 0 Å². The van der Waals surface area contributed by atoms with E-state index in [1.54, 1.807) is 4.68 Å². The summed E-state index contributed by atoms with van der Waals surface area (Å²) in [4.78, 5) is 10.3. The number of fused-ring (bicyclic) bond motifs is 2. The van der Waals surface area contributed by atoms with Crippen LogP contribution in [0.2, 0.25) is 5.02 Å². The second-order valence-corrected chi connectivity index (χ2v) is 6.58. The van der Waals surface area contributed by atoms with Gasteiger partial charge in [0.25, 0.3) is 11.6 Å². The maximum atomic E-state index is 13.2. The normalized spacial score (nSPS) is 28.8. The van der Waals surface area contributed by atoms with Crippen molar-refractivity contribution in [2.75, 3.05) is 0 Å². The molecule has 0 amide bonds. The van der Waals surface area contributed by atoms with Gasteiger partial charge in [-0.05, 0) is 18.8 Å². The van der Waals surface area contributed by atoms with Crippen molar-refractivity contribution in [1.29, 1.82) is 0 Å². The molecule has 0 spiro atoms. The van der Waals surface area contributed by atoms with Crippen LogP contribution >= 0.6 is 11.6 Å². The topological polar surface area (TPSA) is 61.0 Å². The molecule has 0 aliphatic heterocycles. The molecule has 0 bridgehead atoms. The summed E-state index contributed by atoms with van der Waals surface area (Å²) in [6.07, 6.45) is 2.53. The maximum absolute atomic E-state index is 13.2. The number of nitro benzene ring substituents is 1. The van der Waals surface area contributed by atoms with Crippen LogP contribution in [0.3, 0.4) is 0 Å². The van der Waals surface area contributed by atoms with Crippen LogP contribution in [-0.4, -0.2) is 20.6 Å². The molecule has 2 unspecified atom stereocenters. The zero-order chi connectivity index (χ0) is 15.6. The molecule has 2 atom stereocenters. The Morgan fingerprint density at radius 3 is 2.73 bits per heavy atom. The van der Waals surface area contributed by atoms with Gasteiger partial charge in [-0.2, -0.15) is 5.10 Å². The predicted molar refractivity (Wildman–Crippen MR) is 76.0 cm³/mol. The lowest BCUT2D eigenvalue weighted by atomic mass is 10.0. The van der Waals surface area contributed by atoms with Crippen molar-refractivity contribution < 1.29 is 13.7 Å². The van der Waals surface area contributed by atoms with Gasteiger partial charge >= 0.3 is 0 Å². The summed E-state index contributed by atoms with van der Waals surface area (Å²) in [6, 6.07) is 2.72. The molecule has 5 nitrogen and oxygen atoms in total. The molecule has 1 heterocycles. The number of nitrogens with zero attached hydrogens (tertiary/aromatic N) is 3. The predicted octanol–water partition coefficient (Wildman–Crippen LogP) is 3.89. The van der Waals surface area contributed by atoms with Gasteiger partial charge in [0.1, 0.15) is 0 Å². The number of halogens is 3. The first-order valence-corrected chi connectivity index (χ1v) is 7.43. The molecule has 0 radical (unpaired) electrons. The first kappa shape index (κ1) is 13.9. The third-order valence-electron chi connectivity index (χ3n) is 4.85. The third-order valence-corrected chi connectivity index (χ3v) is 5.14. The number of hydrogen-bond acceptors (Lipinski definition) is 3. The molecule has 116 valence electrons. The summed E-state index contributed by atoms with van der Waals surface area (Å²) in [5, 5.41) is 15.9. The van der Waals surface area contributed by atoms with Crippen LogP contribution in [0.1, 0.15) is 12.8 Å². The van der Waals surface area contributed by atoms with Gasteiger partial charge in [-0.1, -0.05) is 11.6 Å². The van der Waals surface area contributed by atoms with Gasteiger partial charge in [-0.25, -0.2) is 8.78 Å². The summed E-state index contributed by atoms with van der Waals surface area (Å²) in [5.74, 6) is -3.27. The number of hydrogen-bond donors (Lipinski definition) is 0. The number of alkyl halides is 2. The highest BCUT2D eigenvalue weighted by molar-refractivity contribution is 6.35. The lowest BCUT2D eigenvalue weighted by Gasteiger charge is -2.15. The van der Waals surface area contributed by atoms with Crippen molar-refractivity contribution in [1.82, 2.24) is 9.78 Å². The van der Waals surface area contributed by atoms with Crippen LogP contribution in [-0.2, 0) is 6.54 Å². The van der Waals surface area contributed by atoms with E-state index >= 15 is 0 Å². The molecule has 2 aromatic rings. The van der Waals surface area contributed by atoms with E-state index in [-0.39, 0.29) is 16.6 Å². The first-order chi connectivity index (χ1) is 10.4. The van der Waals surface area contributed by atoms with E-state index in [1.807, 2.05) is 0 Å². The SMILES string of the molecule is O=[N+]([O-])c1cc(Cl)c2c(cnn2CC2CC3C(C2)C3(F)F)c1. The average molecular weight is 328 g/mol. The Bertz CT molecular complexity index is 778. The zero-order valence-corrected chi connectivity index (χ0v) is 12.1. The standard InChI is InChI=1S/C14H12ClF2N3O2/c15-12-4-9(20(21)22)3-8-5-18-19(13(8)12)6-7-1-10-11(2-7)14(10,16)17/h3-5,7,10-11H,1-2,6H2. The van der Waals surface area contributed by atoms with Crippen LogP contribution in [0.25, 0.3) is 10.9 Å². The Morgan fingerprint density at radius 2 is 2.09 bits per heavy atom. The molecule has 1 aromatic carbocycles. The van der Waals surface area contributed by atoms with Crippen molar-refractivity contribution in [3.05, 3.63) is 33.5 Å². The number of nitro groups is 1. The maximum Gasteiger partial charge on any atom is 0.271 e. The Morgan fingerprint density at radius 1 is 1.41 bits per heavy atom. The molecule has 8 heteroatoms. The minimum Gasteiger partial charge on any atom is -0.263 e. The van der Waals surface area contributed by atoms with Crippen molar-refractivity contribution in [2.24, 2.45) is 17.8 Å². The number of benzene rings is 1. The molecular weight excluding hydrogens is 316 g/mol. The quantitative estimate of drug-likeness (QED) is 0.634.